The number of carbonyl (C=O) groups excluding carboxylic acids is 2. The van der Waals surface area contributed by atoms with E-state index in [2.05, 4.69) is 36.7 Å². The number of fused-ring (bicyclic) bond motifs is 2. The highest BCUT2D eigenvalue weighted by Gasteiger charge is 2.62. The van der Waals surface area contributed by atoms with Gasteiger partial charge in [0.25, 0.3) is 0 Å². The summed E-state index contributed by atoms with van der Waals surface area (Å²) in [6, 6.07) is 7.64. The molecule has 2 aromatic carbocycles. The minimum Gasteiger partial charge on any atom is -0.507 e. The van der Waals surface area contributed by atoms with Gasteiger partial charge in [-0.3, -0.25) is 4.79 Å². The van der Waals surface area contributed by atoms with Crippen LogP contribution in [0.2, 0.25) is 5.02 Å². The number of carbonyl (C=O) groups is 2. The third-order valence-corrected chi connectivity index (χ3v) is 9.04. The summed E-state index contributed by atoms with van der Waals surface area (Å²) in [7, 11) is 0. The van der Waals surface area contributed by atoms with Gasteiger partial charge in [0.2, 0.25) is 5.91 Å². The van der Waals surface area contributed by atoms with Gasteiger partial charge in [-0.2, -0.15) is 0 Å². The zero-order valence-corrected chi connectivity index (χ0v) is 22.0. The third-order valence-electron chi connectivity index (χ3n) is 8.29. The Morgan fingerprint density at radius 3 is 2.47 bits per heavy atom. The first-order valence-corrected chi connectivity index (χ1v) is 12.5. The first-order chi connectivity index (χ1) is 15.8. The van der Waals surface area contributed by atoms with Crippen LogP contribution < -0.4 is 4.90 Å². The van der Waals surface area contributed by atoms with Gasteiger partial charge in [-0.1, -0.05) is 48.3 Å². The molecule has 0 saturated heterocycles. The van der Waals surface area contributed by atoms with Crippen molar-refractivity contribution in [1.29, 1.82) is 0 Å². The molecule has 4 rings (SSSR count). The number of esters is 1. The van der Waals surface area contributed by atoms with Gasteiger partial charge in [-0.05, 0) is 54.9 Å². The Morgan fingerprint density at radius 1 is 1.21 bits per heavy atom. The molecule has 2 aromatic rings. The highest BCUT2D eigenvalue weighted by Crippen LogP contribution is 2.66. The van der Waals surface area contributed by atoms with Crippen LogP contribution in [0.5, 0.6) is 11.5 Å². The molecule has 2 aliphatic carbocycles. The minimum absolute atomic E-state index is 0.0282. The van der Waals surface area contributed by atoms with Crippen molar-refractivity contribution in [3.8, 4) is 11.5 Å². The van der Waals surface area contributed by atoms with Crippen LogP contribution in [-0.4, -0.2) is 28.2 Å². The largest absolute Gasteiger partial charge is 0.507 e. The topological polar surface area (TPSA) is 87.1 Å². The molecular formula is C26H29BrClNO5. The lowest BCUT2D eigenvalue weighted by Crippen LogP contribution is -2.38. The van der Waals surface area contributed by atoms with Crippen LogP contribution in [0.3, 0.4) is 0 Å². The first-order valence-electron chi connectivity index (χ1n) is 11.3. The molecule has 34 heavy (non-hydrogen) atoms. The zero-order chi connectivity index (χ0) is 25.0. The highest BCUT2D eigenvalue weighted by atomic mass is 79.9. The van der Waals surface area contributed by atoms with E-state index >= 15 is 0 Å². The Morgan fingerprint density at radius 2 is 1.91 bits per heavy atom. The Labute approximate surface area is 213 Å². The third kappa shape index (κ3) is 4.07. The molecule has 2 aliphatic rings. The Balaban J connectivity index is 1.55. The molecule has 0 radical (unpaired) electrons. The second-order valence-corrected chi connectivity index (χ2v) is 11.5. The molecule has 2 N–H and O–H groups in total. The normalized spacial score (nSPS) is 24.8. The fourth-order valence-corrected chi connectivity index (χ4v) is 6.53. The molecule has 3 atom stereocenters. The second kappa shape index (κ2) is 8.76. The summed E-state index contributed by atoms with van der Waals surface area (Å²) in [5.41, 5.74) is 0.897. The van der Waals surface area contributed by atoms with Gasteiger partial charge < -0.3 is 19.8 Å². The number of benzene rings is 2. The van der Waals surface area contributed by atoms with Crippen molar-refractivity contribution in [1.82, 2.24) is 0 Å². The van der Waals surface area contributed by atoms with Crippen LogP contribution in [0, 0.1) is 16.7 Å². The van der Waals surface area contributed by atoms with Crippen molar-refractivity contribution >= 4 is 45.1 Å². The number of phenolic OH excluding ortho intramolecular Hbond substituents is 2. The van der Waals surface area contributed by atoms with E-state index in [1.165, 1.54) is 24.0 Å². The van der Waals surface area contributed by atoms with Crippen molar-refractivity contribution in [3.05, 3.63) is 51.0 Å². The molecule has 0 aliphatic heterocycles. The van der Waals surface area contributed by atoms with E-state index in [0.29, 0.717) is 21.6 Å². The maximum absolute atomic E-state index is 13.0. The SMILES string of the molecule is CC(=O)N(Cc1cc(Br)cc(Cl)c1O)c1ccc(C(=O)OC2CC3CCC2(C)C3(C)C)c(O)c1. The number of phenols is 2. The molecule has 0 heterocycles. The monoisotopic (exact) mass is 549 g/mol. The number of amides is 1. The quantitative estimate of drug-likeness (QED) is 0.419. The Hall–Kier alpha value is -2.25. The Bertz CT molecular complexity index is 1170. The van der Waals surface area contributed by atoms with Crippen molar-refractivity contribution in [2.45, 2.75) is 59.6 Å². The van der Waals surface area contributed by atoms with E-state index in [1.807, 2.05) is 0 Å². The van der Waals surface area contributed by atoms with Gasteiger partial charge in [0.05, 0.1) is 11.6 Å². The molecule has 8 heteroatoms. The van der Waals surface area contributed by atoms with Crippen molar-refractivity contribution in [3.63, 3.8) is 0 Å². The average Bonchev–Trinajstić information content (AvgIpc) is 3.08. The standard InChI is InChI=1S/C26H29BrClNO5/c1-14(30)29(13-15-9-17(27)11-20(28)23(15)32)18-5-6-19(21(31)12-18)24(33)34-22-10-16-7-8-26(22,4)25(16,2)3/h5-6,9,11-12,16,22,31-32H,7-8,10,13H2,1-4H3. The van der Waals surface area contributed by atoms with Crippen LogP contribution in [-0.2, 0) is 16.1 Å². The van der Waals surface area contributed by atoms with Crippen LogP contribution >= 0.6 is 27.5 Å². The molecule has 0 spiro atoms. The lowest BCUT2D eigenvalue weighted by molar-refractivity contribution is -0.116. The number of anilines is 1. The van der Waals surface area contributed by atoms with Crippen LogP contribution in [0.15, 0.2) is 34.8 Å². The summed E-state index contributed by atoms with van der Waals surface area (Å²) in [5.74, 6) is -0.731. The zero-order valence-electron chi connectivity index (χ0n) is 19.7. The number of aromatic hydroxyl groups is 2. The number of nitrogens with zero attached hydrogens (tertiary/aromatic N) is 1. The molecule has 0 aromatic heterocycles. The number of rotatable bonds is 5. The number of hydrogen-bond acceptors (Lipinski definition) is 5. The number of hydrogen-bond donors (Lipinski definition) is 2. The first kappa shape index (κ1) is 24.9. The van der Waals surface area contributed by atoms with Crippen molar-refractivity contribution in [2.24, 2.45) is 16.7 Å². The van der Waals surface area contributed by atoms with Crippen LogP contribution in [0.25, 0.3) is 0 Å². The van der Waals surface area contributed by atoms with Gasteiger partial charge >= 0.3 is 5.97 Å². The molecule has 6 nitrogen and oxygen atoms in total. The van der Waals surface area contributed by atoms with E-state index < -0.39 is 5.97 Å². The smallest absolute Gasteiger partial charge is 0.342 e. The van der Waals surface area contributed by atoms with E-state index in [0.717, 1.165) is 19.3 Å². The molecule has 1 amide bonds. The van der Waals surface area contributed by atoms with Gasteiger partial charge in [0.15, 0.2) is 0 Å². The van der Waals surface area contributed by atoms with E-state index in [1.54, 1.807) is 18.2 Å². The summed E-state index contributed by atoms with van der Waals surface area (Å²) >= 11 is 9.39. The van der Waals surface area contributed by atoms with E-state index in [-0.39, 0.29) is 51.5 Å². The predicted molar refractivity (Wildman–Crippen MR) is 134 cm³/mol. The predicted octanol–water partition coefficient (Wildman–Crippen LogP) is 6.44. The molecule has 3 unspecified atom stereocenters. The summed E-state index contributed by atoms with van der Waals surface area (Å²) in [4.78, 5) is 26.7. The van der Waals surface area contributed by atoms with Crippen molar-refractivity contribution in [2.75, 3.05) is 4.90 Å². The Kier molecular flexibility index (Phi) is 6.40. The summed E-state index contributed by atoms with van der Waals surface area (Å²) in [6.45, 7) is 8.10. The van der Waals surface area contributed by atoms with Gasteiger partial charge in [-0.25, -0.2) is 4.79 Å². The minimum atomic E-state index is -0.565. The average molecular weight is 551 g/mol. The lowest BCUT2D eigenvalue weighted by atomic mass is 9.70. The van der Waals surface area contributed by atoms with E-state index in [9.17, 15) is 19.8 Å². The lowest BCUT2D eigenvalue weighted by Gasteiger charge is -2.38. The van der Waals surface area contributed by atoms with E-state index in [4.69, 9.17) is 16.3 Å². The molecular weight excluding hydrogens is 522 g/mol. The number of ether oxygens (including phenoxy) is 1. The van der Waals surface area contributed by atoms with Crippen LogP contribution in [0.1, 0.15) is 62.9 Å². The molecule has 182 valence electrons. The van der Waals surface area contributed by atoms with Gasteiger partial charge in [-0.15, -0.1) is 0 Å². The summed E-state index contributed by atoms with van der Waals surface area (Å²) < 4.78 is 6.56. The van der Waals surface area contributed by atoms with Gasteiger partial charge in [0, 0.05) is 34.1 Å². The second-order valence-electron chi connectivity index (χ2n) is 10.2. The summed E-state index contributed by atoms with van der Waals surface area (Å²) in [5, 5.41) is 21.1. The maximum atomic E-state index is 13.0. The number of halogens is 2. The molecule has 2 saturated carbocycles. The maximum Gasteiger partial charge on any atom is 0.342 e. The molecule has 2 fully saturated rings. The fraction of sp³-hybridized carbons (Fsp3) is 0.462. The molecule has 2 bridgehead atoms. The highest BCUT2D eigenvalue weighted by molar-refractivity contribution is 9.10. The van der Waals surface area contributed by atoms with Gasteiger partial charge in [0.1, 0.15) is 23.2 Å². The fourth-order valence-electron chi connectivity index (χ4n) is 5.66. The van der Waals surface area contributed by atoms with Crippen molar-refractivity contribution < 1.29 is 24.5 Å². The van der Waals surface area contributed by atoms with Crippen LogP contribution in [0.4, 0.5) is 5.69 Å². The summed E-state index contributed by atoms with van der Waals surface area (Å²) in [6.07, 6.45) is 2.82.